The highest BCUT2D eigenvalue weighted by atomic mass is 16.2. The van der Waals surface area contributed by atoms with Crippen LogP contribution in [-0.2, 0) is 4.79 Å². The monoisotopic (exact) mass is 282 g/mol. The summed E-state index contributed by atoms with van der Waals surface area (Å²) in [7, 11) is 3.50. The Kier molecular flexibility index (Phi) is 4.52. The van der Waals surface area contributed by atoms with Crippen molar-refractivity contribution in [1.29, 1.82) is 0 Å². The molecule has 1 heterocycles. The average Bonchev–Trinajstić information content (AvgIpc) is 2.84. The quantitative estimate of drug-likeness (QED) is 0.800. The van der Waals surface area contributed by atoms with Crippen LogP contribution in [0.4, 0.5) is 4.79 Å². The number of nitrogens with two attached hydrogens (primary N) is 1. The summed E-state index contributed by atoms with van der Waals surface area (Å²) in [5, 5.41) is 0. The van der Waals surface area contributed by atoms with E-state index in [1.807, 2.05) is 4.90 Å². The smallest absolute Gasteiger partial charge is 0.319 e. The normalized spacial score (nSPS) is 21.9. The van der Waals surface area contributed by atoms with E-state index in [1.54, 1.807) is 23.9 Å². The zero-order valence-corrected chi connectivity index (χ0v) is 12.6. The van der Waals surface area contributed by atoms with Gasteiger partial charge in [-0.2, -0.15) is 0 Å². The molecule has 0 bridgehead atoms. The molecule has 1 saturated heterocycles. The molecule has 2 fully saturated rings. The number of rotatable bonds is 2. The average molecular weight is 282 g/mol. The highest BCUT2D eigenvalue weighted by molar-refractivity contribution is 5.78. The summed E-state index contributed by atoms with van der Waals surface area (Å²) in [5.41, 5.74) is 5.98. The maximum atomic E-state index is 12.3. The third kappa shape index (κ3) is 3.42. The summed E-state index contributed by atoms with van der Waals surface area (Å²) >= 11 is 0. The van der Waals surface area contributed by atoms with E-state index in [2.05, 4.69) is 0 Å². The largest absolute Gasteiger partial charge is 0.339 e. The topological polar surface area (TPSA) is 69.9 Å². The Hall–Kier alpha value is -1.30. The molecule has 0 aromatic carbocycles. The third-order valence-corrected chi connectivity index (χ3v) is 4.39. The summed E-state index contributed by atoms with van der Waals surface area (Å²) in [6, 6.07) is 0.0168. The number of urea groups is 1. The van der Waals surface area contributed by atoms with Gasteiger partial charge >= 0.3 is 6.03 Å². The first kappa shape index (κ1) is 15.1. The molecule has 0 aromatic heterocycles. The Morgan fingerprint density at radius 3 is 2.05 bits per heavy atom. The fourth-order valence-corrected chi connectivity index (χ4v) is 3.10. The molecule has 1 aliphatic heterocycles. The lowest BCUT2D eigenvalue weighted by molar-refractivity contribution is -0.133. The Bertz CT molecular complexity index is 369. The fourth-order valence-electron chi connectivity index (χ4n) is 3.10. The number of piperazine rings is 1. The second kappa shape index (κ2) is 5.99. The van der Waals surface area contributed by atoms with E-state index in [9.17, 15) is 9.59 Å². The van der Waals surface area contributed by atoms with Gasteiger partial charge in [0.05, 0.1) is 0 Å². The van der Waals surface area contributed by atoms with Crippen LogP contribution in [0.3, 0.4) is 0 Å². The number of carbonyl (C=O) groups excluding carboxylic acids is 2. The van der Waals surface area contributed by atoms with Crippen LogP contribution in [0.5, 0.6) is 0 Å². The molecule has 6 heteroatoms. The van der Waals surface area contributed by atoms with E-state index in [4.69, 9.17) is 5.73 Å². The van der Waals surface area contributed by atoms with Gasteiger partial charge in [-0.25, -0.2) is 4.79 Å². The van der Waals surface area contributed by atoms with Crippen LogP contribution in [0.25, 0.3) is 0 Å². The Labute approximate surface area is 120 Å². The van der Waals surface area contributed by atoms with Gasteiger partial charge in [0, 0.05) is 52.2 Å². The lowest BCUT2D eigenvalue weighted by atomic mass is 9.94. The maximum Gasteiger partial charge on any atom is 0.319 e. The molecule has 114 valence electrons. The summed E-state index contributed by atoms with van der Waals surface area (Å²) in [6.07, 6.45) is 4.63. The van der Waals surface area contributed by atoms with Gasteiger partial charge in [0.1, 0.15) is 0 Å². The molecular formula is C14H26N4O2. The fraction of sp³-hybridized carbons (Fsp3) is 0.857. The van der Waals surface area contributed by atoms with Crippen molar-refractivity contribution in [2.75, 3.05) is 40.3 Å². The second-order valence-corrected chi connectivity index (χ2v) is 6.29. The van der Waals surface area contributed by atoms with E-state index in [1.165, 1.54) is 0 Å². The number of carbonyl (C=O) groups is 2. The zero-order chi connectivity index (χ0) is 14.8. The Morgan fingerprint density at radius 1 is 1.05 bits per heavy atom. The van der Waals surface area contributed by atoms with Crippen molar-refractivity contribution in [3.8, 4) is 0 Å². The van der Waals surface area contributed by atoms with Crippen molar-refractivity contribution in [3.05, 3.63) is 0 Å². The van der Waals surface area contributed by atoms with Gasteiger partial charge in [0.2, 0.25) is 5.91 Å². The van der Waals surface area contributed by atoms with Crippen LogP contribution in [0, 0.1) is 0 Å². The van der Waals surface area contributed by atoms with Crippen LogP contribution >= 0.6 is 0 Å². The summed E-state index contributed by atoms with van der Waals surface area (Å²) in [5.74, 6) is 0.145. The zero-order valence-electron chi connectivity index (χ0n) is 12.6. The second-order valence-electron chi connectivity index (χ2n) is 6.29. The van der Waals surface area contributed by atoms with Crippen molar-refractivity contribution in [3.63, 3.8) is 0 Å². The standard InChI is InChI=1S/C14H26N4O2/c1-16(2)13(20)18-9-7-17(8-10-18)12(19)11-14(15)5-3-4-6-14/h3-11,15H2,1-2H3. The van der Waals surface area contributed by atoms with E-state index in [0.29, 0.717) is 32.6 Å². The first-order chi connectivity index (χ1) is 9.41. The number of hydrogen-bond acceptors (Lipinski definition) is 3. The summed E-state index contributed by atoms with van der Waals surface area (Å²) in [4.78, 5) is 29.4. The van der Waals surface area contributed by atoms with Crippen molar-refractivity contribution < 1.29 is 9.59 Å². The van der Waals surface area contributed by atoms with Crippen LogP contribution in [0.15, 0.2) is 0 Å². The molecule has 1 aliphatic carbocycles. The van der Waals surface area contributed by atoms with Crippen molar-refractivity contribution in [2.24, 2.45) is 5.73 Å². The predicted molar refractivity (Wildman–Crippen MR) is 77.2 cm³/mol. The van der Waals surface area contributed by atoms with E-state index in [0.717, 1.165) is 25.7 Å². The first-order valence-electron chi connectivity index (χ1n) is 7.44. The Morgan fingerprint density at radius 2 is 1.55 bits per heavy atom. The highest BCUT2D eigenvalue weighted by Crippen LogP contribution is 2.30. The molecule has 2 rings (SSSR count). The van der Waals surface area contributed by atoms with Crippen LogP contribution < -0.4 is 5.73 Å². The molecule has 2 N–H and O–H groups in total. The lowest BCUT2D eigenvalue weighted by Crippen LogP contribution is -2.54. The van der Waals surface area contributed by atoms with Gasteiger partial charge in [-0.15, -0.1) is 0 Å². The van der Waals surface area contributed by atoms with Gasteiger partial charge in [-0.3, -0.25) is 4.79 Å². The molecule has 0 aromatic rings. The van der Waals surface area contributed by atoms with Crippen molar-refractivity contribution in [1.82, 2.24) is 14.7 Å². The van der Waals surface area contributed by atoms with E-state index < -0.39 is 0 Å². The highest BCUT2D eigenvalue weighted by Gasteiger charge is 2.34. The molecular weight excluding hydrogens is 256 g/mol. The maximum absolute atomic E-state index is 12.3. The van der Waals surface area contributed by atoms with E-state index >= 15 is 0 Å². The van der Waals surface area contributed by atoms with E-state index in [-0.39, 0.29) is 17.5 Å². The molecule has 0 spiro atoms. The number of amides is 3. The number of nitrogens with zero attached hydrogens (tertiary/aromatic N) is 3. The molecule has 0 atom stereocenters. The molecule has 0 unspecified atom stereocenters. The molecule has 6 nitrogen and oxygen atoms in total. The third-order valence-electron chi connectivity index (χ3n) is 4.39. The van der Waals surface area contributed by atoms with Crippen molar-refractivity contribution in [2.45, 2.75) is 37.6 Å². The number of hydrogen-bond donors (Lipinski definition) is 1. The van der Waals surface area contributed by atoms with Crippen molar-refractivity contribution >= 4 is 11.9 Å². The minimum absolute atomic E-state index is 0.0168. The van der Waals surface area contributed by atoms with Gasteiger partial charge in [0.25, 0.3) is 0 Å². The van der Waals surface area contributed by atoms with Gasteiger partial charge in [-0.1, -0.05) is 12.8 Å². The van der Waals surface area contributed by atoms with Crippen LogP contribution in [-0.4, -0.2) is 72.5 Å². The molecule has 2 aliphatic rings. The minimum atomic E-state index is -0.284. The summed E-state index contributed by atoms with van der Waals surface area (Å²) in [6.45, 7) is 2.46. The molecule has 0 radical (unpaired) electrons. The van der Waals surface area contributed by atoms with Crippen LogP contribution in [0.1, 0.15) is 32.1 Å². The van der Waals surface area contributed by atoms with Gasteiger partial charge in [-0.05, 0) is 12.8 Å². The first-order valence-corrected chi connectivity index (χ1v) is 7.44. The molecule has 20 heavy (non-hydrogen) atoms. The predicted octanol–water partition coefficient (Wildman–Crippen LogP) is 0.474. The summed E-state index contributed by atoms with van der Waals surface area (Å²) < 4.78 is 0. The minimum Gasteiger partial charge on any atom is -0.339 e. The lowest BCUT2D eigenvalue weighted by Gasteiger charge is -2.37. The molecule has 3 amide bonds. The Balaban J connectivity index is 1.81. The van der Waals surface area contributed by atoms with Gasteiger partial charge < -0.3 is 20.4 Å². The SMILES string of the molecule is CN(C)C(=O)N1CCN(C(=O)CC2(N)CCCC2)CC1. The molecule has 1 saturated carbocycles. The van der Waals surface area contributed by atoms with Crippen LogP contribution in [0.2, 0.25) is 0 Å². The van der Waals surface area contributed by atoms with Gasteiger partial charge in [0.15, 0.2) is 0 Å².